The van der Waals surface area contributed by atoms with Gasteiger partial charge in [-0.3, -0.25) is 9.59 Å². The third-order valence-corrected chi connectivity index (χ3v) is 7.22. The zero-order valence-electron chi connectivity index (χ0n) is 21.3. The Morgan fingerprint density at radius 1 is 1.11 bits per heavy atom. The van der Waals surface area contributed by atoms with Gasteiger partial charge in [0.05, 0.1) is 18.2 Å². The highest BCUT2D eigenvalue weighted by Gasteiger charge is 2.37. The van der Waals surface area contributed by atoms with Gasteiger partial charge in [-0.05, 0) is 50.8 Å². The van der Waals surface area contributed by atoms with Crippen LogP contribution in [0.25, 0.3) is 11.0 Å². The summed E-state index contributed by atoms with van der Waals surface area (Å²) in [6, 6.07) is 14.3. The quantitative estimate of drug-likeness (QED) is 0.452. The molecule has 3 aromatic rings. The molecule has 2 heterocycles. The minimum atomic E-state index is -0.852. The molecule has 1 aliphatic heterocycles. The molecule has 2 aromatic carbocycles. The second-order valence-corrected chi connectivity index (χ2v) is 9.78. The largest absolute Gasteiger partial charge is 0.494 e. The average Bonchev–Trinajstić information content (AvgIpc) is 3.68. The summed E-state index contributed by atoms with van der Waals surface area (Å²) in [5, 5.41) is 11.6. The second-order valence-electron chi connectivity index (χ2n) is 9.78. The topological polar surface area (TPSA) is 98.6 Å². The van der Waals surface area contributed by atoms with Crippen LogP contribution in [0.1, 0.15) is 57.1 Å². The van der Waals surface area contributed by atoms with Crippen molar-refractivity contribution in [3.05, 3.63) is 54.1 Å². The highest BCUT2D eigenvalue weighted by atomic mass is 16.5. The van der Waals surface area contributed by atoms with E-state index in [1.165, 1.54) is 0 Å². The van der Waals surface area contributed by atoms with Crippen molar-refractivity contribution in [2.75, 3.05) is 19.8 Å². The number of para-hydroxylation sites is 2. The molecule has 1 saturated carbocycles. The first-order valence-electron chi connectivity index (χ1n) is 13.4. The summed E-state index contributed by atoms with van der Waals surface area (Å²) in [5.41, 5.74) is 2.17. The van der Waals surface area contributed by atoms with E-state index in [1.807, 2.05) is 55.5 Å². The zero-order valence-corrected chi connectivity index (χ0v) is 21.3. The van der Waals surface area contributed by atoms with E-state index in [2.05, 4.69) is 15.6 Å². The van der Waals surface area contributed by atoms with Crippen molar-refractivity contribution in [1.82, 2.24) is 25.2 Å². The van der Waals surface area contributed by atoms with Crippen LogP contribution in [0, 0.1) is 0 Å². The minimum Gasteiger partial charge on any atom is -0.494 e. The number of carbonyl (C=O) groups is 2. The minimum absolute atomic E-state index is 0.0305. The summed E-state index contributed by atoms with van der Waals surface area (Å²) < 4.78 is 13.4. The third-order valence-electron chi connectivity index (χ3n) is 7.22. The zero-order chi connectivity index (χ0) is 25.6. The molecule has 1 aromatic heterocycles. The standard InChI is InChI=1S/C28H35N5O4/c1-2-36-25-16-8-5-13-22(25)27(28(35)29-20-10-3-4-11-20)32(18-21-12-9-17-37-21)26(34)19-33-24-15-7-6-14-23(24)30-31-33/h5-8,13-16,20-21,27H,2-4,9-12,17-19H2,1H3,(H,29,35)/t21-,27-/m0/s1. The third kappa shape index (κ3) is 5.77. The van der Waals surface area contributed by atoms with Crippen LogP contribution in [-0.2, 0) is 20.9 Å². The molecule has 2 aliphatic rings. The van der Waals surface area contributed by atoms with Gasteiger partial charge in [0.15, 0.2) is 0 Å². The Morgan fingerprint density at radius 3 is 2.68 bits per heavy atom. The van der Waals surface area contributed by atoms with Crippen molar-refractivity contribution in [3.63, 3.8) is 0 Å². The molecule has 2 amide bonds. The molecule has 2 atom stereocenters. The van der Waals surface area contributed by atoms with Crippen LogP contribution in [0.5, 0.6) is 5.75 Å². The number of benzene rings is 2. The molecule has 1 aliphatic carbocycles. The molecule has 0 unspecified atom stereocenters. The summed E-state index contributed by atoms with van der Waals surface area (Å²) >= 11 is 0. The summed E-state index contributed by atoms with van der Waals surface area (Å²) in [6.07, 6.45) is 5.77. The lowest BCUT2D eigenvalue weighted by Crippen LogP contribution is -2.49. The first-order valence-corrected chi connectivity index (χ1v) is 13.4. The maximum absolute atomic E-state index is 14.0. The van der Waals surface area contributed by atoms with Gasteiger partial charge in [0.2, 0.25) is 11.8 Å². The number of carbonyl (C=O) groups excluding carboxylic acids is 2. The van der Waals surface area contributed by atoms with Gasteiger partial charge in [0.1, 0.15) is 23.9 Å². The van der Waals surface area contributed by atoms with Crippen molar-refractivity contribution >= 4 is 22.8 Å². The van der Waals surface area contributed by atoms with Gasteiger partial charge in [-0.15, -0.1) is 5.10 Å². The van der Waals surface area contributed by atoms with Gasteiger partial charge in [-0.2, -0.15) is 0 Å². The maximum Gasteiger partial charge on any atom is 0.247 e. The number of hydrogen-bond donors (Lipinski definition) is 1. The Balaban J connectivity index is 1.51. The van der Waals surface area contributed by atoms with Crippen LogP contribution in [0.15, 0.2) is 48.5 Å². The SMILES string of the molecule is CCOc1ccccc1[C@@H](C(=O)NC1CCCC1)N(C[C@@H]1CCCO1)C(=O)Cn1nnc2ccccc21. The first kappa shape index (κ1) is 25.2. The van der Waals surface area contributed by atoms with Gasteiger partial charge < -0.3 is 19.7 Å². The predicted molar refractivity (Wildman–Crippen MR) is 139 cm³/mol. The highest BCUT2D eigenvalue weighted by molar-refractivity contribution is 5.90. The molecule has 1 saturated heterocycles. The normalized spacial score (nSPS) is 18.7. The molecule has 0 bridgehead atoms. The lowest BCUT2D eigenvalue weighted by atomic mass is 10.0. The fourth-order valence-electron chi connectivity index (χ4n) is 5.41. The van der Waals surface area contributed by atoms with Crippen LogP contribution >= 0.6 is 0 Å². The van der Waals surface area contributed by atoms with E-state index in [0.29, 0.717) is 31.1 Å². The van der Waals surface area contributed by atoms with Crippen molar-refractivity contribution in [2.24, 2.45) is 0 Å². The highest BCUT2D eigenvalue weighted by Crippen LogP contribution is 2.32. The number of nitrogens with zero attached hydrogens (tertiary/aromatic N) is 4. The molecular formula is C28H35N5O4. The van der Waals surface area contributed by atoms with Gasteiger partial charge >= 0.3 is 0 Å². The molecule has 1 N–H and O–H groups in total. The van der Waals surface area contributed by atoms with Crippen LogP contribution in [-0.4, -0.2) is 63.6 Å². The average molecular weight is 506 g/mol. The number of aromatic nitrogens is 3. The molecule has 0 radical (unpaired) electrons. The number of amides is 2. The first-order chi connectivity index (χ1) is 18.1. The number of ether oxygens (including phenoxy) is 2. The van der Waals surface area contributed by atoms with E-state index >= 15 is 0 Å². The molecule has 5 rings (SSSR count). The van der Waals surface area contributed by atoms with Crippen molar-refractivity contribution in [2.45, 2.75) is 70.2 Å². The van der Waals surface area contributed by atoms with Crippen molar-refractivity contribution in [1.29, 1.82) is 0 Å². The van der Waals surface area contributed by atoms with E-state index in [4.69, 9.17) is 9.47 Å². The van der Waals surface area contributed by atoms with Crippen LogP contribution < -0.4 is 10.1 Å². The Bertz CT molecular complexity index is 1220. The van der Waals surface area contributed by atoms with E-state index < -0.39 is 6.04 Å². The Labute approximate surface area is 217 Å². The second kappa shape index (κ2) is 11.7. The van der Waals surface area contributed by atoms with Gasteiger partial charge in [0.25, 0.3) is 0 Å². The van der Waals surface area contributed by atoms with Gasteiger partial charge in [-0.25, -0.2) is 4.68 Å². The molecule has 37 heavy (non-hydrogen) atoms. The number of fused-ring (bicyclic) bond motifs is 1. The molecule has 2 fully saturated rings. The number of hydrogen-bond acceptors (Lipinski definition) is 6. The fraction of sp³-hybridized carbons (Fsp3) is 0.500. The summed E-state index contributed by atoms with van der Waals surface area (Å²) in [5.74, 6) is 0.200. The van der Waals surface area contributed by atoms with Crippen molar-refractivity contribution < 1.29 is 19.1 Å². The lowest BCUT2D eigenvalue weighted by molar-refractivity contribution is -0.143. The molecule has 9 heteroatoms. The monoisotopic (exact) mass is 505 g/mol. The fourth-order valence-corrected chi connectivity index (χ4v) is 5.41. The number of rotatable bonds is 10. The smallest absolute Gasteiger partial charge is 0.247 e. The maximum atomic E-state index is 14.0. The number of nitrogens with one attached hydrogen (secondary N) is 1. The molecule has 9 nitrogen and oxygen atoms in total. The summed E-state index contributed by atoms with van der Waals surface area (Å²) in [6.45, 7) is 3.31. The van der Waals surface area contributed by atoms with Gasteiger partial charge in [-0.1, -0.05) is 48.4 Å². The van der Waals surface area contributed by atoms with E-state index in [-0.39, 0.29) is 30.5 Å². The van der Waals surface area contributed by atoms with Crippen LogP contribution in [0.3, 0.4) is 0 Å². The van der Waals surface area contributed by atoms with E-state index in [9.17, 15) is 9.59 Å². The summed E-state index contributed by atoms with van der Waals surface area (Å²) in [7, 11) is 0. The van der Waals surface area contributed by atoms with E-state index in [0.717, 1.165) is 49.6 Å². The Hall–Kier alpha value is -3.46. The lowest BCUT2D eigenvalue weighted by Gasteiger charge is -2.34. The summed E-state index contributed by atoms with van der Waals surface area (Å²) in [4.78, 5) is 29.6. The van der Waals surface area contributed by atoms with Crippen LogP contribution in [0.4, 0.5) is 0 Å². The Kier molecular flexibility index (Phi) is 7.99. The van der Waals surface area contributed by atoms with Gasteiger partial charge in [0, 0.05) is 24.8 Å². The Morgan fingerprint density at radius 2 is 1.89 bits per heavy atom. The molecule has 196 valence electrons. The van der Waals surface area contributed by atoms with E-state index in [1.54, 1.807) is 9.58 Å². The molecule has 0 spiro atoms. The van der Waals surface area contributed by atoms with Crippen LogP contribution in [0.2, 0.25) is 0 Å². The van der Waals surface area contributed by atoms with Crippen molar-refractivity contribution in [3.8, 4) is 5.75 Å². The predicted octanol–water partition coefficient (Wildman–Crippen LogP) is 3.64. The molecular weight excluding hydrogens is 470 g/mol.